The lowest BCUT2D eigenvalue weighted by Gasteiger charge is -2.41. The molecule has 0 unspecified atom stereocenters. The molecule has 23 heavy (non-hydrogen) atoms. The number of aromatic nitrogens is 1. The molecule has 126 valence electrons. The maximum absolute atomic E-state index is 12.8. The summed E-state index contributed by atoms with van der Waals surface area (Å²) >= 11 is 0. The van der Waals surface area contributed by atoms with E-state index in [1.165, 1.54) is 4.90 Å². The van der Waals surface area contributed by atoms with Crippen LogP contribution in [0, 0.1) is 0 Å². The van der Waals surface area contributed by atoms with Gasteiger partial charge in [0.05, 0.1) is 31.4 Å². The van der Waals surface area contributed by atoms with Crippen LogP contribution in [0.15, 0.2) is 12.3 Å². The SMILES string of the molecule is CC(C)N1CC(=O)N2c3ncc(C(F)(F)F)cc3COC[C@H]2C1. The summed E-state index contributed by atoms with van der Waals surface area (Å²) in [6.07, 6.45) is -3.68. The number of amides is 1. The minimum Gasteiger partial charge on any atom is -0.374 e. The average molecular weight is 329 g/mol. The molecule has 5 nitrogen and oxygen atoms in total. The molecule has 8 heteroatoms. The van der Waals surface area contributed by atoms with Crippen molar-refractivity contribution in [1.82, 2.24) is 9.88 Å². The van der Waals surface area contributed by atoms with E-state index in [1.807, 2.05) is 18.7 Å². The molecule has 0 N–H and O–H groups in total. The van der Waals surface area contributed by atoms with E-state index < -0.39 is 11.7 Å². The van der Waals surface area contributed by atoms with Gasteiger partial charge in [-0.05, 0) is 19.9 Å². The highest BCUT2D eigenvalue weighted by molar-refractivity contribution is 5.96. The molecule has 1 aromatic rings. The third kappa shape index (κ3) is 3.05. The van der Waals surface area contributed by atoms with E-state index in [0.29, 0.717) is 12.1 Å². The van der Waals surface area contributed by atoms with Gasteiger partial charge in [-0.2, -0.15) is 13.2 Å². The highest BCUT2D eigenvalue weighted by Gasteiger charge is 2.39. The molecule has 0 radical (unpaired) electrons. The smallest absolute Gasteiger partial charge is 0.374 e. The Balaban J connectivity index is 1.97. The third-order valence-corrected chi connectivity index (χ3v) is 4.21. The van der Waals surface area contributed by atoms with E-state index in [4.69, 9.17) is 4.74 Å². The fraction of sp³-hybridized carbons (Fsp3) is 0.600. The number of pyridine rings is 1. The number of hydrogen-bond acceptors (Lipinski definition) is 4. The molecule has 0 aliphatic carbocycles. The first kappa shape index (κ1) is 16.2. The highest BCUT2D eigenvalue weighted by Crippen LogP contribution is 2.34. The Morgan fingerprint density at radius 3 is 2.78 bits per heavy atom. The Kier molecular flexibility index (Phi) is 4.05. The van der Waals surface area contributed by atoms with Gasteiger partial charge < -0.3 is 4.74 Å². The summed E-state index contributed by atoms with van der Waals surface area (Å²) in [5.41, 5.74) is -0.528. The van der Waals surface area contributed by atoms with Crippen molar-refractivity contribution >= 4 is 11.7 Å². The molecule has 1 amide bonds. The molecule has 0 spiro atoms. The number of piperazine rings is 1. The second kappa shape index (κ2) is 5.76. The van der Waals surface area contributed by atoms with Crippen molar-refractivity contribution < 1.29 is 22.7 Å². The fourth-order valence-electron chi connectivity index (χ4n) is 2.97. The summed E-state index contributed by atoms with van der Waals surface area (Å²) in [6.45, 7) is 5.16. The quantitative estimate of drug-likeness (QED) is 0.791. The number of carbonyl (C=O) groups excluding carboxylic acids is 1. The van der Waals surface area contributed by atoms with Crippen molar-refractivity contribution in [3.05, 3.63) is 23.4 Å². The van der Waals surface area contributed by atoms with Crippen LogP contribution in [0.4, 0.5) is 19.0 Å². The molecule has 2 aliphatic heterocycles. The minimum atomic E-state index is -4.46. The van der Waals surface area contributed by atoms with E-state index >= 15 is 0 Å². The highest BCUT2D eigenvalue weighted by atomic mass is 19.4. The molecule has 1 fully saturated rings. The Labute approximate surface area is 132 Å². The average Bonchev–Trinajstić information content (AvgIpc) is 2.64. The van der Waals surface area contributed by atoms with E-state index in [-0.39, 0.29) is 43.6 Å². The van der Waals surface area contributed by atoms with Gasteiger partial charge in [0.15, 0.2) is 0 Å². The van der Waals surface area contributed by atoms with Gasteiger partial charge in [-0.3, -0.25) is 14.6 Å². The first-order valence-electron chi connectivity index (χ1n) is 7.47. The van der Waals surface area contributed by atoms with Crippen molar-refractivity contribution in [2.75, 3.05) is 24.6 Å². The minimum absolute atomic E-state index is 0.0220. The lowest BCUT2D eigenvalue weighted by atomic mass is 10.1. The van der Waals surface area contributed by atoms with Crippen LogP contribution in [-0.4, -0.2) is 47.6 Å². The van der Waals surface area contributed by atoms with Gasteiger partial charge in [-0.25, -0.2) is 4.98 Å². The number of ether oxygens (including phenoxy) is 1. The van der Waals surface area contributed by atoms with Crippen LogP contribution in [0.2, 0.25) is 0 Å². The van der Waals surface area contributed by atoms with Gasteiger partial charge in [0, 0.05) is 24.3 Å². The molecule has 0 aromatic carbocycles. The lowest BCUT2D eigenvalue weighted by Crippen LogP contribution is -2.59. The monoisotopic (exact) mass is 329 g/mol. The number of hydrogen-bond donors (Lipinski definition) is 0. The van der Waals surface area contributed by atoms with Crippen LogP contribution in [0.3, 0.4) is 0 Å². The Morgan fingerprint density at radius 2 is 2.13 bits per heavy atom. The third-order valence-electron chi connectivity index (χ3n) is 4.21. The normalized spacial score (nSPS) is 22.8. The molecule has 3 rings (SSSR count). The van der Waals surface area contributed by atoms with Crippen molar-refractivity contribution in [1.29, 1.82) is 0 Å². The Bertz CT molecular complexity index is 618. The van der Waals surface area contributed by atoms with E-state index in [0.717, 1.165) is 12.3 Å². The first-order chi connectivity index (χ1) is 10.8. The number of carbonyl (C=O) groups is 1. The molecule has 3 heterocycles. The van der Waals surface area contributed by atoms with Crippen LogP contribution in [0.25, 0.3) is 0 Å². The Morgan fingerprint density at radius 1 is 1.39 bits per heavy atom. The van der Waals surface area contributed by atoms with Crippen molar-refractivity contribution in [2.45, 2.75) is 38.7 Å². The second-order valence-electron chi connectivity index (χ2n) is 6.16. The number of nitrogens with zero attached hydrogens (tertiary/aromatic N) is 3. The zero-order chi connectivity index (χ0) is 16.8. The van der Waals surface area contributed by atoms with Crippen LogP contribution in [0.5, 0.6) is 0 Å². The van der Waals surface area contributed by atoms with E-state index in [9.17, 15) is 18.0 Å². The zero-order valence-electron chi connectivity index (χ0n) is 12.9. The molecule has 1 atom stereocenters. The molecule has 2 aliphatic rings. The maximum atomic E-state index is 12.8. The van der Waals surface area contributed by atoms with Crippen LogP contribution < -0.4 is 4.90 Å². The van der Waals surface area contributed by atoms with Gasteiger partial charge in [0.1, 0.15) is 5.82 Å². The van der Waals surface area contributed by atoms with Gasteiger partial charge in [0.25, 0.3) is 0 Å². The van der Waals surface area contributed by atoms with E-state index in [2.05, 4.69) is 4.98 Å². The number of fused-ring (bicyclic) bond motifs is 3. The molecule has 0 saturated carbocycles. The van der Waals surface area contributed by atoms with Crippen LogP contribution in [-0.2, 0) is 22.3 Å². The second-order valence-corrected chi connectivity index (χ2v) is 6.16. The Hall–Kier alpha value is -1.67. The molecule has 1 saturated heterocycles. The molecule has 1 aromatic heterocycles. The van der Waals surface area contributed by atoms with Crippen LogP contribution >= 0.6 is 0 Å². The lowest BCUT2D eigenvalue weighted by molar-refractivity contribution is -0.137. The number of alkyl halides is 3. The summed E-state index contributed by atoms with van der Waals surface area (Å²) in [4.78, 5) is 20.0. The summed E-state index contributed by atoms with van der Waals surface area (Å²) in [5.74, 6) is 0.128. The van der Waals surface area contributed by atoms with Crippen molar-refractivity contribution in [3.63, 3.8) is 0 Å². The summed E-state index contributed by atoms with van der Waals surface area (Å²) in [6, 6.07) is 1.00. The molecular weight excluding hydrogens is 311 g/mol. The topological polar surface area (TPSA) is 45.7 Å². The standard InChI is InChI=1S/C15H18F3N3O2/c1-9(2)20-5-12-8-23-7-10-3-11(15(16,17)18)4-19-14(10)21(12)13(22)6-20/h3-4,9,12H,5-8H2,1-2H3/t12-/m1/s1. The summed E-state index contributed by atoms with van der Waals surface area (Å²) in [5, 5.41) is 0. The van der Waals surface area contributed by atoms with Crippen LogP contribution in [0.1, 0.15) is 25.0 Å². The summed E-state index contributed by atoms with van der Waals surface area (Å²) in [7, 11) is 0. The number of anilines is 1. The number of halogens is 3. The predicted octanol–water partition coefficient (Wildman–Crippen LogP) is 2.06. The van der Waals surface area contributed by atoms with Crippen molar-refractivity contribution in [2.24, 2.45) is 0 Å². The number of rotatable bonds is 1. The summed E-state index contributed by atoms with van der Waals surface area (Å²) < 4.78 is 44.0. The van der Waals surface area contributed by atoms with Crippen molar-refractivity contribution in [3.8, 4) is 0 Å². The predicted molar refractivity (Wildman–Crippen MR) is 76.9 cm³/mol. The molecule has 0 bridgehead atoms. The zero-order valence-corrected chi connectivity index (χ0v) is 12.9. The largest absolute Gasteiger partial charge is 0.417 e. The first-order valence-corrected chi connectivity index (χ1v) is 7.47. The molecular formula is C15H18F3N3O2. The maximum Gasteiger partial charge on any atom is 0.417 e. The van der Waals surface area contributed by atoms with Gasteiger partial charge in [-0.1, -0.05) is 0 Å². The fourth-order valence-corrected chi connectivity index (χ4v) is 2.97. The van der Waals surface area contributed by atoms with Gasteiger partial charge in [0.2, 0.25) is 5.91 Å². The van der Waals surface area contributed by atoms with Gasteiger partial charge in [-0.15, -0.1) is 0 Å². The van der Waals surface area contributed by atoms with E-state index in [1.54, 1.807) is 0 Å². The van der Waals surface area contributed by atoms with Gasteiger partial charge >= 0.3 is 6.18 Å².